The zero-order valence-corrected chi connectivity index (χ0v) is 17.3. The van der Waals surface area contributed by atoms with Gasteiger partial charge in [0.15, 0.2) is 0 Å². The first-order chi connectivity index (χ1) is 14.6. The van der Waals surface area contributed by atoms with Crippen LogP contribution in [0.1, 0.15) is 19.3 Å². The van der Waals surface area contributed by atoms with E-state index in [4.69, 9.17) is 4.98 Å². The highest BCUT2D eigenvalue weighted by Gasteiger charge is 2.16. The fourth-order valence-corrected chi connectivity index (χ4v) is 5.06. The fraction of sp³-hybridized carbons (Fsp3) is 0.217. The van der Waals surface area contributed by atoms with E-state index < -0.39 is 10.0 Å². The highest BCUT2D eigenvalue weighted by atomic mass is 32.2. The lowest BCUT2D eigenvalue weighted by Crippen LogP contribution is -2.30. The zero-order valence-electron chi connectivity index (χ0n) is 16.5. The second-order valence-electron chi connectivity index (χ2n) is 7.52. The summed E-state index contributed by atoms with van der Waals surface area (Å²) in [7, 11) is -3.56. The molecule has 0 saturated carbocycles. The molecule has 0 atom stereocenters. The molecule has 3 heterocycles. The maximum atomic E-state index is 12.6. The Labute approximate surface area is 175 Å². The summed E-state index contributed by atoms with van der Waals surface area (Å²) >= 11 is 0. The standard InChI is InChI=1S/C23H22N4O2S/c28-30(29,27-14-4-5-15-27)20-9-6-18(7-10-20)19-8-11-21-22(16-19)25-23(17-24-21)26-12-2-1-3-13-26/h4-11,14-17H,1-3,12-13H2. The molecule has 0 aliphatic carbocycles. The molecule has 1 aliphatic heterocycles. The topological polar surface area (TPSA) is 68.1 Å². The van der Waals surface area contributed by atoms with Crippen LogP contribution in [-0.4, -0.2) is 35.4 Å². The van der Waals surface area contributed by atoms with Crippen molar-refractivity contribution >= 4 is 26.9 Å². The van der Waals surface area contributed by atoms with Crippen molar-refractivity contribution < 1.29 is 8.42 Å². The fourth-order valence-electron chi connectivity index (χ4n) is 3.88. The van der Waals surface area contributed by atoms with Gasteiger partial charge >= 0.3 is 0 Å². The molecule has 0 N–H and O–H groups in total. The molecule has 1 saturated heterocycles. The first kappa shape index (κ1) is 18.8. The van der Waals surface area contributed by atoms with Crippen LogP contribution in [0.4, 0.5) is 5.82 Å². The average molecular weight is 419 g/mol. The molecule has 7 heteroatoms. The molecular weight excluding hydrogens is 396 g/mol. The number of aromatic nitrogens is 3. The molecule has 0 radical (unpaired) electrons. The van der Waals surface area contributed by atoms with Gasteiger partial charge in [0.2, 0.25) is 0 Å². The highest BCUT2D eigenvalue weighted by Crippen LogP contribution is 2.26. The number of piperidine rings is 1. The number of anilines is 1. The van der Waals surface area contributed by atoms with Crippen LogP contribution in [0.15, 0.2) is 78.1 Å². The van der Waals surface area contributed by atoms with Crippen LogP contribution in [0.25, 0.3) is 22.2 Å². The van der Waals surface area contributed by atoms with E-state index in [1.54, 1.807) is 24.3 Å². The van der Waals surface area contributed by atoms with Gasteiger partial charge in [-0.1, -0.05) is 18.2 Å². The van der Waals surface area contributed by atoms with Gasteiger partial charge in [-0.15, -0.1) is 0 Å². The maximum Gasteiger partial charge on any atom is 0.267 e. The number of nitrogens with zero attached hydrogens (tertiary/aromatic N) is 4. The first-order valence-electron chi connectivity index (χ1n) is 10.1. The predicted molar refractivity (Wildman–Crippen MR) is 118 cm³/mol. The van der Waals surface area contributed by atoms with Crippen LogP contribution < -0.4 is 4.90 Å². The van der Waals surface area contributed by atoms with Crippen LogP contribution in [0.3, 0.4) is 0 Å². The number of fused-ring (bicyclic) bond motifs is 1. The summed E-state index contributed by atoms with van der Waals surface area (Å²) in [5.41, 5.74) is 3.62. The predicted octanol–water partition coefficient (Wildman–Crippen LogP) is 4.33. The molecule has 4 aromatic rings. The van der Waals surface area contributed by atoms with Gasteiger partial charge in [-0.25, -0.2) is 17.4 Å². The van der Waals surface area contributed by atoms with Crippen LogP contribution >= 0.6 is 0 Å². The quantitative estimate of drug-likeness (QED) is 0.494. The lowest BCUT2D eigenvalue weighted by Gasteiger charge is -2.27. The summed E-state index contributed by atoms with van der Waals surface area (Å²) < 4.78 is 26.5. The summed E-state index contributed by atoms with van der Waals surface area (Å²) in [6.45, 7) is 2.05. The van der Waals surface area contributed by atoms with Gasteiger partial charge in [0.1, 0.15) is 5.82 Å². The van der Waals surface area contributed by atoms with Crippen molar-refractivity contribution in [1.29, 1.82) is 0 Å². The van der Waals surface area contributed by atoms with E-state index in [1.807, 2.05) is 36.5 Å². The minimum Gasteiger partial charge on any atom is -0.355 e. The Bertz CT molecular complexity index is 1280. The lowest BCUT2D eigenvalue weighted by atomic mass is 10.1. The van der Waals surface area contributed by atoms with Crippen LogP contribution in [0.2, 0.25) is 0 Å². The summed E-state index contributed by atoms with van der Waals surface area (Å²) in [5.74, 6) is 0.924. The van der Waals surface area contributed by atoms with E-state index >= 15 is 0 Å². The van der Waals surface area contributed by atoms with Crippen molar-refractivity contribution in [3.63, 3.8) is 0 Å². The van der Waals surface area contributed by atoms with Gasteiger partial charge in [0.05, 0.1) is 22.1 Å². The van der Waals surface area contributed by atoms with E-state index in [0.717, 1.165) is 41.1 Å². The van der Waals surface area contributed by atoms with Crippen LogP contribution in [0.5, 0.6) is 0 Å². The average Bonchev–Trinajstić information content (AvgIpc) is 3.35. The van der Waals surface area contributed by atoms with E-state index in [2.05, 4.69) is 9.88 Å². The second-order valence-corrected chi connectivity index (χ2v) is 9.36. The Morgan fingerprint density at radius 1 is 0.800 bits per heavy atom. The van der Waals surface area contributed by atoms with Gasteiger partial charge in [0.25, 0.3) is 10.0 Å². The van der Waals surface area contributed by atoms with E-state index in [1.165, 1.54) is 35.6 Å². The van der Waals surface area contributed by atoms with Crippen molar-refractivity contribution in [1.82, 2.24) is 13.9 Å². The van der Waals surface area contributed by atoms with Crippen molar-refractivity contribution in [2.45, 2.75) is 24.2 Å². The van der Waals surface area contributed by atoms with Crippen molar-refractivity contribution in [3.05, 3.63) is 73.2 Å². The third-order valence-electron chi connectivity index (χ3n) is 5.55. The third kappa shape index (κ3) is 3.45. The molecule has 0 bridgehead atoms. The van der Waals surface area contributed by atoms with E-state index in [0.29, 0.717) is 0 Å². The second kappa shape index (κ2) is 7.57. The van der Waals surface area contributed by atoms with Gasteiger partial charge in [-0.3, -0.25) is 4.98 Å². The Balaban J connectivity index is 1.47. The lowest BCUT2D eigenvalue weighted by molar-refractivity contribution is 0.573. The Hall–Kier alpha value is -3.19. The molecule has 5 rings (SSSR count). The van der Waals surface area contributed by atoms with Gasteiger partial charge in [-0.2, -0.15) is 0 Å². The summed E-state index contributed by atoms with van der Waals surface area (Å²) in [6, 6.07) is 16.3. The number of rotatable bonds is 4. The van der Waals surface area contributed by atoms with Gasteiger partial charge in [-0.05, 0) is 66.8 Å². The van der Waals surface area contributed by atoms with Crippen molar-refractivity contribution in [3.8, 4) is 11.1 Å². The number of hydrogen-bond donors (Lipinski definition) is 0. The number of hydrogen-bond acceptors (Lipinski definition) is 5. The van der Waals surface area contributed by atoms with Gasteiger partial charge < -0.3 is 4.90 Å². The smallest absolute Gasteiger partial charge is 0.267 e. The van der Waals surface area contributed by atoms with Crippen LogP contribution in [-0.2, 0) is 10.0 Å². The summed E-state index contributed by atoms with van der Waals surface area (Å²) in [5, 5.41) is 0. The molecule has 6 nitrogen and oxygen atoms in total. The van der Waals surface area contributed by atoms with Crippen molar-refractivity contribution in [2.75, 3.05) is 18.0 Å². The maximum absolute atomic E-state index is 12.6. The molecule has 1 fully saturated rings. The summed E-state index contributed by atoms with van der Waals surface area (Å²) in [4.78, 5) is 12.0. The van der Waals surface area contributed by atoms with Crippen molar-refractivity contribution in [2.24, 2.45) is 0 Å². The molecule has 0 unspecified atom stereocenters. The SMILES string of the molecule is O=S(=O)(c1ccc(-c2ccc3ncc(N4CCCCC4)nc3c2)cc1)n1cccc1. The minimum atomic E-state index is -3.56. The molecule has 1 aliphatic rings. The van der Waals surface area contributed by atoms with Gasteiger partial charge in [0, 0.05) is 25.5 Å². The van der Waals surface area contributed by atoms with E-state index in [9.17, 15) is 8.42 Å². The third-order valence-corrected chi connectivity index (χ3v) is 7.22. The Morgan fingerprint density at radius 3 is 2.23 bits per heavy atom. The highest BCUT2D eigenvalue weighted by molar-refractivity contribution is 7.90. The summed E-state index contributed by atoms with van der Waals surface area (Å²) in [6.07, 6.45) is 8.58. The molecule has 0 amide bonds. The first-order valence-corrected chi connectivity index (χ1v) is 11.6. The number of benzene rings is 2. The monoisotopic (exact) mass is 418 g/mol. The Kier molecular flexibility index (Phi) is 4.75. The molecule has 0 spiro atoms. The molecule has 2 aromatic heterocycles. The molecule has 30 heavy (non-hydrogen) atoms. The zero-order chi connectivity index (χ0) is 20.6. The molecular formula is C23H22N4O2S. The Morgan fingerprint density at radius 2 is 1.50 bits per heavy atom. The minimum absolute atomic E-state index is 0.260. The van der Waals surface area contributed by atoms with Crippen LogP contribution in [0, 0.1) is 0 Å². The largest absolute Gasteiger partial charge is 0.355 e. The normalized spacial score (nSPS) is 14.9. The molecule has 152 valence electrons. The molecule has 2 aromatic carbocycles. The van der Waals surface area contributed by atoms with E-state index in [-0.39, 0.29) is 4.90 Å².